The van der Waals surface area contributed by atoms with Gasteiger partial charge >= 0.3 is 0 Å². The van der Waals surface area contributed by atoms with Gasteiger partial charge in [0.05, 0.1) is 7.11 Å². The SMILES string of the molecule is COc1ccc(C2(/C=C/N)CC2)cc1OCc1ccccc1. The van der Waals surface area contributed by atoms with Crippen molar-refractivity contribution in [1.29, 1.82) is 0 Å². The van der Waals surface area contributed by atoms with Crippen molar-refractivity contribution in [3.63, 3.8) is 0 Å². The van der Waals surface area contributed by atoms with Crippen molar-refractivity contribution in [2.24, 2.45) is 5.73 Å². The molecule has 0 saturated heterocycles. The molecule has 0 atom stereocenters. The van der Waals surface area contributed by atoms with Gasteiger partial charge in [-0.3, -0.25) is 0 Å². The van der Waals surface area contributed by atoms with Gasteiger partial charge in [0.25, 0.3) is 0 Å². The molecule has 3 rings (SSSR count). The molecule has 3 nitrogen and oxygen atoms in total. The first-order valence-corrected chi connectivity index (χ1v) is 7.52. The van der Waals surface area contributed by atoms with E-state index in [1.807, 2.05) is 24.3 Å². The van der Waals surface area contributed by atoms with Crippen LogP contribution in [0.5, 0.6) is 11.5 Å². The summed E-state index contributed by atoms with van der Waals surface area (Å²) in [6.45, 7) is 0.528. The highest BCUT2D eigenvalue weighted by Gasteiger charge is 2.42. The normalized spacial score (nSPS) is 15.7. The van der Waals surface area contributed by atoms with Crippen molar-refractivity contribution in [3.8, 4) is 11.5 Å². The number of benzene rings is 2. The molecule has 1 saturated carbocycles. The average molecular weight is 295 g/mol. The van der Waals surface area contributed by atoms with E-state index < -0.39 is 0 Å². The molecule has 2 aromatic carbocycles. The van der Waals surface area contributed by atoms with Gasteiger partial charge in [-0.2, -0.15) is 0 Å². The molecule has 1 fully saturated rings. The van der Waals surface area contributed by atoms with E-state index in [1.54, 1.807) is 13.3 Å². The van der Waals surface area contributed by atoms with Crippen LogP contribution in [0.2, 0.25) is 0 Å². The lowest BCUT2D eigenvalue weighted by atomic mass is 9.95. The van der Waals surface area contributed by atoms with E-state index in [0.29, 0.717) is 6.61 Å². The third-order valence-electron chi connectivity index (χ3n) is 4.18. The van der Waals surface area contributed by atoms with Gasteiger partial charge in [-0.1, -0.05) is 42.5 Å². The number of ether oxygens (including phenoxy) is 2. The van der Waals surface area contributed by atoms with Crippen LogP contribution in [0.15, 0.2) is 60.8 Å². The highest BCUT2D eigenvalue weighted by molar-refractivity contribution is 5.48. The van der Waals surface area contributed by atoms with E-state index in [2.05, 4.69) is 30.3 Å². The second-order valence-electron chi connectivity index (χ2n) is 5.66. The minimum absolute atomic E-state index is 0.0892. The fraction of sp³-hybridized carbons (Fsp3) is 0.263. The first-order valence-electron chi connectivity index (χ1n) is 7.52. The maximum absolute atomic E-state index is 5.98. The molecular weight excluding hydrogens is 274 g/mol. The summed E-state index contributed by atoms with van der Waals surface area (Å²) in [6, 6.07) is 16.3. The maximum atomic E-state index is 5.98. The van der Waals surface area contributed by atoms with Gasteiger partial charge in [0, 0.05) is 5.41 Å². The summed E-state index contributed by atoms with van der Waals surface area (Å²) in [7, 11) is 1.66. The monoisotopic (exact) mass is 295 g/mol. The van der Waals surface area contributed by atoms with E-state index in [1.165, 1.54) is 5.56 Å². The molecule has 0 bridgehead atoms. The Hall–Kier alpha value is -2.42. The van der Waals surface area contributed by atoms with Gasteiger partial charge in [0.15, 0.2) is 11.5 Å². The Bertz CT molecular complexity index is 660. The van der Waals surface area contributed by atoms with Gasteiger partial charge in [0.2, 0.25) is 0 Å². The summed E-state index contributed by atoms with van der Waals surface area (Å²) in [5, 5.41) is 0. The van der Waals surface area contributed by atoms with Crippen molar-refractivity contribution in [2.45, 2.75) is 24.9 Å². The Balaban J connectivity index is 1.82. The number of nitrogens with two attached hydrogens (primary N) is 1. The molecule has 2 aromatic rings. The number of rotatable bonds is 6. The molecule has 0 unspecified atom stereocenters. The molecule has 0 aliphatic heterocycles. The quantitative estimate of drug-likeness (QED) is 0.882. The zero-order valence-electron chi connectivity index (χ0n) is 12.8. The minimum atomic E-state index is 0.0892. The van der Waals surface area contributed by atoms with Gasteiger partial charge < -0.3 is 15.2 Å². The minimum Gasteiger partial charge on any atom is -0.493 e. The highest BCUT2D eigenvalue weighted by Crippen LogP contribution is 2.50. The Kier molecular flexibility index (Phi) is 4.05. The zero-order chi connectivity index (χ0) is 15.4. The largest absolute Gasteiger partial charge is 0.493 e. The van der Waals surface area contributed by atoms with E-state index in [4.69, 9.17) is 15.2 Å². The topological polar surface area (TPSA) is 44.5 Å². The molecule has 0 amide bonds. The van der Waals surface area contributed by atoms with Crippen LogP contribution in [-0.2, 0) is 12.0 Å². The van der Waals surface area contributed by atoms with E-state index in [-0.39, 0.29) is 5.41 Å². The Morgan fingerprint density at radius 3 is 2.50 bits per heavy atom. The average Bonchev–Trinajstić information content (AvgIpc) is 3.35. The Morgan fingerprint density at radius 2 is 1.86 bits per heavy atom. The third kappa shape index (κ3) is 2.93. The molecule has 2 N–H and O–H groups in total. The summed E-state index contributed by atoms with van der Waals surface area (Å²) >= 11 is 0. The second kappa shape index (κ2) is 6.14. The maximum Gasteiger partial charge on any atom is 0.161 e. The molecular formula is C19H21NO2. The van der Waals surface area contributed by atoms with Crippen LogP contribution >= 0.6 is 0 Å². The molecule has 114 valence electrons. The molecule has 1 aliphatic carbocycles. The second-order valence-corrected chi connectivity index (χ2v) is 5.66. The lowest BCUT2D eigenvalue weighted by Crippen LogP contribution is -2.05. The molecule has 22 heavy (non-hydrogen) atoms. The fourth-order valence-electron chi connectivity index (χ4n) is 2.70. The summed E-state index contributed by atoms with van der Waals surface area (Å²) < 4.78 is 11.4. The van der Waals surface area contributed by atoms with Crippen molar-refractivity contribution in [3.05, 3.63) is 71.9 Å². The third-order valence-corrected chi connectivity index (χ3v) is 4.18. The smallest absolute Gasteiger partial charge is 0.161 e. The van der Waals surface area contributed by atoms with Crippen LogP contribution in [0.25, 0.3) is 0 Å². The lowest BCUT2D eigenvalue weighted by Gasteiger charge is -2.16. The van der Waals surface area contributed by atoms with E-state index in [9.17, 15) is 0 Å². The summed E-state index contributed by atoms with van der Waals surface area (Å²) in [5.74, 6) is 1.53. The van der Waals surface area contributed by atoms with Crippen molar-refractivity contribution in [1.82, 2.24) is 0 Å². The van der Waals surface area contributed by atoms with Crippen molar-refractivity contribution >= 4 is 0 Å². The first kappa shape index (κ1) is 14.5. The van der Waals surface area contributed by atoms with Crippen molar-refractivity contribution in [2.75, 3.05) is 7.11 Å². The van der Waals surface area contributed by atoms with Crippen LogP contribution in [0, 0.1) is 0 Å². The first-order chi connectivity index (χ1) is 10.8. The van der Waals surface area contributed by atoms with Crippen molar-refractivity contribution < 1.29 is 9.47 Å². The predicted octanol–water partition coefficient (Wildman–Crippen LogP) is 3.78. The molecule has 0 heterocycles. The van der Waals surface area contributed by atoms with E-state index in [0.717, 1.165) is 29.9 Å². The van der Waals surface area contributed by atoms with Crippen LogP contribution in [0.4, 0.5) is 0 Å². The van der Waals surface area contributed by atoms with Crippen LogP contribution in [0.1, 0.15) is 24.0 Å². The van der Waals surface area contributed by atoms with Gasteiger partial charge in [-0.25, -0.2) is 0 Å². The summed E-state index contributed by atoms with van der Waals surface area (Å²) in [6.07, 6.45) is 5.98. The van der Waals surface area contributed by atoms with Crippen LogP contribution in [0.3, 0.4) is 0 Å². The van der Waals surface area contributed by atoms with Gasteiger partial charge in [0.1, 0.15) is 6.61 Å². The number of hydrogen-bond acceptors (Lipinski definition) is 3. The van der Waals surface area contributed by atoms with Gasteiger partial charge in [-0.05, 0) is 42.3 Å². The molecule has 0 spiro atoms. The number of hydrogen-bond donors (Lipinski definition) is 1. The predicted molar refractivity (Wildman–Crippen MR) is 88.0 cm³/mol. The molecule has 3 heteroatoms. The zero-order valence-corrected chi connectivity index (χ0v) is 12.8. The van der Waals surface area contributed by atoms with Crippen LogP contribution < -0.4 is 15.2 Å². The molecule has 0 radical (unpaired) electrons. The van der Waals surface area contributed by atoms with Gasteiger partial charge in [-0.15, -0.1) is 0 Å². The fourth-order valence-corrected chi connectivity index (χ4v) is 2.70. The number of allylic oxidation sites excluding steroid dienone is 1. The highest BCUT2D eigenvalue weighted by atomic mass is 16.5. The molecule has 0 aromatic heterocycles. The molecule has 1 aliphatic rings. The Morgan fingerprint density at radius 1 is 1.09 bits per heavy atom. The van der Waals surface area contributed by atoms with Crippen LogP contribution in [-0.4, -0.2) is 7.11 Å². The summed E-state index contributed by atoms with van der Waals surface area (Å²) in [5.41, 5.74) is 8.04. The van der Waals surface area contributed by atoms with E-state index >= 15 is 0 Å². The number of methoxy groups -OCH3 is 1. The standard InChI is InChI=1S/C19H21NO2/c1-21-17-8-7-16(19(9-10-19)11-12-20)13-18(17)22-14-15-5-3-2-4-6-15/h2-8,11-13H,9-10,14,20H2,1H3/b12-11+. The lowest BCUT2D eigenvalue weighted by molar-refractivity contribution is 0.284. The Labute approximate surface area is 131 Å². The summed E-state index contributed by atoms with van der Waals surface area (Å²) in [4.78, 5) is 0.